The lowest BCUT2D eigenvalue weighted by molar-refractivity contribution is 0.211. The number of anilines is 3. The minimum absolute atomic E-state index is 0.647. The van der Waals surface area contributed by atoms with E-state index >= 15 is 0 Å². The monoisotopic (exact) mass is 257 g/mol. The van der Waals surface area contributed by atoms with E-state index < -0.39 is 0 Å². The topological polar surface area (TPSA) is 73.3 Å². The summed E-state index contributed by atoms with van der Waals surface area (Å²) in [6, 6.07) is 13.5. The molecule has 0 aliphatic heterocycles. The van der Waals surface area contributed by atoms with Crippen LogP contribution in [-0.4, -0.2) is 20.3 Å². The van der Waals surface area contributed by atoms with E-state index in [0.29, 0.717) is 6.61 Å². The Morgan fingerprint density at radius 2 is 1.84 bits per heavy atom. The number of nitrogens with two attached hydrogens (primary N) is 2. The largest absolute Gasteiger partial charge is 0.399 e. The second-order valence-corrected chi connectivity index (χ2v) is 4.31. The quantitative estimate of drug-likeness (QED) is 0.568. The molecular formula is C15H19N3O. The van der Waals surface area contributed by atoms with Crippen LogP contribution in [0.5, 0.6) is 0 Å². The van der Waals surface area contributed by atoms with Crippen molar-refractivity contribution in [3.05, 3.63) is 42.5 Å². The van der Waals surface area contributed by atoms with Crippen LogP contribution in [0.2, 0.25) is 0 Å². The summed E-state index contributed by atoms with van der Waals surface area (Å²) in [5, 5.41) is 3.33. The summed E-state index contributed by atoms with van der Waals surface area (Å²) >= 11 is 0. The molecule has 0 aliphatic rings. The number of hydrogen-bond acceptors (Lipinski definition) is 4. The van der Waals surface area contributed by atoms with E-state index in [2.05, 4.69) is 5.32 Å². The van der Waals surface area contributed by atoms with Crippen molar-refractivity contribution >= 4 is 17.1 Å². The van der Waals surface area contributed by atoms with E-state index in [1.165, 1.54) is 0 Å². The van der Waals surface area contributed by atoms with Crippen molar-refractivity contribution < 1.29 is 4.74 Å². The molecule has 0 bridgehead atoms. The van der Waals surface area contributed by atoms with Gasteiger partial charge in [0.15, 0.2) is 0 Å². The smallest absolute Gasteiger partial charge is 0.0635 e. The Kier molecular flexibility index (Phi) is 4.26. The van der Waals surface area contributed by atoms with Gasteiger partial charge in [-0.15, -0.1) is 0 Å². The van der Waals surface area contributed by atoms with E-state index in [1.807, 2.05) is 42.5 Å². The molecule has 0 atom stereocenters. The summed E-state index contributed by atoms with van der Waals surface area (Å²) in [7, 11) is 1.68. The highest BCUT2D eigenvalue weighted by Gasteiger charge is 2.08. The Morgan fingerprint density at radius 3 is 2.58 bits per heavy atom. The molecule has 0 heterocycles. The molecule has 4 heteroatoms. The van der Waals surface area contributed by atoms with Gasteiger partial charge in [0.25, 0.3) is 0 Å². The van der Waals surface area contributed by atoms with Crippen LogP contribution in [0.3, 0.4) is 0 Å². The van der Waals surface area contributed by atoms with Crippen LogP contribution in [0.15, 0.2) is 42.5 Å². The van der Waals surface area contributed by atoms with Crippen molar-refractivity contribution in [2.24, 2.45) is 0 Å². The molecule has 100 valence electrons. The maximum atomic E-state index is 6.03. The Bertz CT molecular complexity index is 555. The molecule has 2 aromatic rings. The van der Waals surface area contributed by atoms with Gasteiger partial charge in [-0.3, -0.25) is 0 Å². The fourth-order valence-corrected chi connectivity index (χ4v) is 1.97. The van der Waals surface area contributed by atoms with Crippen molar-refractivity contribution in [2.75, 3.05) is 37.0 Å². The SMILES string of the molecule is COCCNc1ccc(N)cc1-c1ccccc1N. The molecule has 0 saturated carbocycles. The average molecular weight is 257 g/mol. The summed E-state index contributed by atoms with van der Waals surface area (Å²) in [6.07, 6.45) is 0. The Morgan fingerprint density at radius 1 is 1.05 bits per heavy atom. The predicted octanol–water partition coefficient (Wildman–Crippen LogP) is 2.58. The molecule has 0 unspecified atom stereocenters. The first-order valence-corrected chi connectivity index (χ1v) is 6.19. The summed E-state index contributed by atoms with van der Waals surface area (Å²) in [5.74, 6) is 0. The fraction of sp³-hybridized carbons (Fsp3) is 0.200. The van der Waals surface area contributed by atoms with Gasteiger partial charge in [-0.2, -0.15) is 0 Å². The third-order valence-corrected chi connectivity index (χ3v) is 2.92. The molecule has 0 aliphatic carbocycles. The summed E-state index contributed by atoms with van der Waals surface area (Å²) in [5.41, 5.74) is 16.4. The molecule has 0 spiro atoms. The molecule has 2 aromatic carbocycles. The number of ether oxygens (including phenoxy) is 1. The van der Waals surface area contributed by atoms with Crippen molar-refractivity contribution in [2.45, 2.75) is 0 Å². The third-order valence-electron chi connectivity index (χ3n) is 2.92. The molecule has 0 saturated heterocycles. The Balaban J connectivity index is 2.37. The standard InChI is InChI=1S/C15H19N3O/c1-19-9-8-18-15-7-6-11(16)10-13(15)12-4-2-3-5-14(12)17/h2-7,10,18H,8-9,16-17H2,1H3. The number of methoxy groups -OCH3 is 1. The number of rotatable bonds is 5. The van der Waals surface area contributed by atoms with Gasteiger partial charge in [0.1, 0.15) is 0 Å². The normalized spacial score (nSPS) is 10.4. The van der Waals surface area contributed by atoms with Crippen LogP contribution in [0, 0.1) is 0 Å². The Hall–Kier alpha value is -2.20. The minimum Gasteiger partial charge on any atom is -0.399 e. The van der Waals surface area contributed by atoms with Gasteiger partial charge in [0.05, 0.1) is 6.61 Å². The van der Waals surface area contributed by atoms with E-state index in [-0.39, 0.29) is 0 Å². The first kappa shape index (κ1) is 13.2. The van der Waals surface area contributed by atoms with Gasteiger partial charge in [-0.05, 0) is 24.3 Å². The fourth-order valence-electron chi connectivity index (χ4n) is 1.97. The first-order valence-electron chi connectivity index (χ1n) is 6.19. The van der Waals surface area contributed by atoms with E-state index in [9.17, 15) is 0 Å². The summed E-state index contributed by atoms with van der Waals surface area (Å²) < 4.78 is 5.04. The zero-order valence-corrected chi connectivity index (χ0v) is 11.0. The Labute approximate surface area is 113 Å². The molecule has 0 aromatic heterocycles. The van der Waals surface area contributed by atoms with Crippen LogP contribution in [-0.2, 0) is 4.74 Å². The van der Waals surface area contributed by atoms with Crippen LogP contribution in [0.25, 0.3) is 11.1 Å². The molecule has 0 amide bonds. The van der Waals surface area contributed by atoms with Crippen molar-refractivity contribution in [3.8, 4) is 11.1 Å². The summed E-state index contributed by atoms with van der Waals surface area (Å²) in [6.45, 7) is 1.38. The second-order valence-electron chi connectivity index (χ2n) is 4.31. The van der Waals surface area contributed by atoms with Gasteiger partial charge >= 0.3 is 0 Å². The average Bonchev–Trinajstić information content (AvgIpc) is 2.41. The van der Waals surface area contributed by atoms with Crippen LogP contribution < -0.4 is 16.8 Å². The molecule has 2 rings (SSSR count). The first-order chi connectivity index (χ1) is 9.22. The molecule has 5 N–H and O–H groups in total. The maximum absolute atomic E-state index is 6.03. The van der Waals surface area contributed by atoms with Crippen molar-refractivity contribution in [1.82, 2.24) is 0 Å². The van der Waals surface area contributed by atoms with Gasteiger partial charge in [-0.25, -0.2) is 0 Å². The van der Waals surface area contributed by atoms with Gasteiger partial charge in [0.2, 0.25) is 0 Å². The molecular weight excluding hydrogens is 238 g/mol. The van der Waals surface area contributed by atoms with Crippen molar-refractivity contribution in [1.29, 1.82) is 0 Å². The third kappa shape index (κ3) is 3.17. The highest BCUT2D eigenvalue weighted by Crippen LogP contribution is 2.33. The lowest BCUT2D eigenvalue weighted by atomic mass is 10.0. The molecule has 0 radical (unpaired) electrons. The van der Waals surface area contributed by atoms with E-state index in [4.69, 9.17) is 16.2 Å². The zero-order valence-electron chi connectivity index (χ0n) is 11.0. The number of nitrogens with one attached hydrogen (secondary N) is 1. The van der Waals surface area contributed by atoms with Crippen molar-refractivity contribution in [3.63, 3.8) is 0 Å². The van der Waals surface area contributed by atoms with Gasteiger partial charge in [-0.1, -0.05) is 18.2 Å². The number of hydrogen-bond donors (Lipinski definition) is 3. The maximum Gasteiger partial charge on any atom is 0.0635 e. The lowest BCUT2D eigenvalue weighted by Gasteiger charge is -2.14. The summed E-state index contributed by atoms with van der Waals surface area (Å²) in [4.78, 5) is 0. The number of para-hydroxylation sites is 1. The molecule has 4 nitrogen and oxygen atoms in total. The van der Waals surface area contributed by atoms with E-state index in [1.54, 1.807) is 7.11 Å². The molecule has 0 fully saturated rings. The lowest BCUT2D eigenvalue weighted by Crippen LogP contribution is -2.08. The van der Waals surface area contributed by atoms with E-state index in [0.717, 1.165) is 34.7 Å². The minimum atomic E-state index is 0.647. The zero-order chi connectivity index (χ0) is 13.7. The highest BCUT2D eigenvalue weighted by molar-refractivity contribution is 5.86. The number of nitrogen functional groups attached to an aromatic ring is 2. The number of benzene rings is 2. The highest BCUT2D eigenvalue weighted by atomic mass is 16.5. The van der Waals surface area contributed by atoms with Gasteiger partial charge in [0, 0.05) is 41.8 Å². The molecule has 19 heavy (non-hydrogen) atoms. The van der Waals surface area contributed by atoms with Crippen LogP contribution in [0.1, 0.15) is 0 Å². The second kappa shape index (κ2) is 6.11. The van der Waals surface area contributed by atoms with Gasteiger partial charge < -0.3 is 21.5 Å². The van der Waals surface area contributed by atoms with Crippen LogP contribution >= 0.6 is 0 Å². The predicted molar refractivity (Wildman–Crippen MR) is 81.1 cm³/mol. The van der Waals surface area contributed by atoms with Crippen LogP contribution in [0.4, 0.5) is 17.1 Å².